The normalized spacial score (nSPS) is 17.8. The highest BCUT2D eigenvalue weighted by atomic mass is 15.2. The van der Waals surface area contributed by atoms with Crippen molar-refractivity contribution < 1.29 is 0 Å². The maximum atomic E-state index is 3.51. The summed E-state index contributed by atoms with van der Waals surface area (Å²) < 4.78 is 0. The quantitative estimate of drug-likeness (QED) is 0.683. The molecule has 0 aromatic carbocycles. The Hall–Kier alpha value is -0.120. The molecule has 0 saturated carbocycles. The topological polar surface area (TPSA) is 18.5 Å². The lowest BCUT2D eigenvalue weighted by molar-refractivity contribution is 0.115. The van der Waals surface area contributed by atoms with E-state index in [0.717, 1.165) is 19.6 Å². The van der Waals surface area contributed by atoms with Gasteiger partial charge in [-0.2, -0.15) is 0 Å². The summed E-state index contributed by atoms with van der Waals surface area (Å²) in [7, 11) is 4.28. The predicted molar refractivity (Wildman–Crippen MR) is 73.0 cm³/mol. The van der Waals surface area contributed by atoms with Crippen molar-refractivity contribution >= 4 is 0 Å². The van der Waals surface area contributed by atoms with Gasteiger partial charge in [-0.1, -0.05) is 13.8 Å². The minimum Gasteiger partial charge on any atom is -0.313 e. The molecule has 0 aliphatic rings. The minimum atomic E-state index is 0.551. The van der Waals surface area contributed by atoms with Gasteiger partial charge in [0.25, 0.3) is 0 Å². The molecule has 0 aromatic heterocycles. The van der Waals surface area contributed by atoms with Gasteiger partial charge in [0, 0.05) is 24.7 Å². The van der Waals surface area contributed by atoms with E-state index < -0.39 is 0 Å². The van der Waals surface area contributed by atoms with E-state index in [1.807, 2.05) is 0 Å². The van der Waals surface area contributed by atoms with Crippen LogP contribution in [0.5, 0.6) is 0 Å². The van der Waals surface area contributed by atoms with Crippen LogP contribution < -0.4 is 5.32 Å². The van der Waals surface area contributed by atoms with E-state index in [-0.39, 0.29) is 0 Å². The molecule has 0 aromatic rings. The maximum Gasteiger partial charge on any atom is 0.0221 e. The highest BCUT2D eigenvalue weighted by Crippen LogP contribution is 2.09. The van der Waals surface area contributed by atoms with Gasteiger partial charge in [-0.25, -0.2) is 0 Å². The second-order valence-electron chi connectivity index (χ2n) is 5.03. The van der Waals surface area contributed by atoms with Crippen LogP contribution in [0.3, 0.4) is 0 Å². The summed E-state index contributed by atoms with van der Waals surface area (Å²) in [6.07, 6.45) is 0. The molecule has 3 heteroatoms. The van der Waals surface area contributed by atoms with Gasteiger partial charge < -0.3 is 10.2 Å². The van der Waals surface area contributed by atoms with E-state index in [4.69, 9.17) is 0 Å². The fourth-order valence-electron chi connectivity index (χ4n) is 2.41. The second-order valence-corrected chi connectivity index (χ2v) is 5.03. The summed E-state index contributed by atoms with van der Waals surface area (Å²) in [5, 5.41) is 3.51. The van der Waals surface area contributed by atoms with E-state index in [9.17, 15) is 0 Å². The monoisotopic (exact) mass is 229 g/mol. The molecular weight excluding hydrogens is 198 g/mol. The van der Waals surface area contributed by atoms with Crippen LogP contribution in [0.15, 0.2) is 0 Å². The van der Waals surface area contributed by atoms with Crippen molar-refractivity contribution in [2.75, 3.05) is 33.7 Å². The molecule has 0 amide bonds. The van der Waals surface area contributed by atoms with Crippen molar-refractivity contribution in [3.63, 3.8) is 0 Å². The lowest BCUT2D eigenvalue weighted by Crippen LogP contribution is -2.52. The first kappa shape index (κ1) is 15.9. The smallest absolute Gasteiger partial charge is 0.0221 e. The first-order chi connectivity index (χ1) is 7.43. The van der Waals surface area contributed by atoms with Gasteiger partial charge in [0.1, 0.15) is 0 Å². The number of hydrogen-bond acceptors (Lipinski definition) is 3. The van der Waals surface area contributed by atoms with E-state index in [0.29, 0.717) is 18.1 Å². The number of nitrogens with zero attached hydrogens (tertiary/aromatic N) is 2. The third kappa shape index (κ3) is 5.28. The van der Waals surface area contributed by atoms with Crippen molar-refractivity contribution in [2.45, 2.75) is 52.7 Å². The molecule has 0 saturated heterocycles. The molecule has 0 rings (SSSR count). The molecule has 0 radical (unpaired) electrons. The summed E-state index contributed by atoms with van der Waals surface area (Å²) in [6, 6.07) is 1.74. The van der Waals surface area contributed by atoms with Gasteiger partial charge in [0.05, 0.1) is 0 Å². The van der Waals surface area contributed by atoms with Crippen LogP contribution in [0.25, 0.3) is 0 Å². The molecule has 0 heterocycles. The van der Waals surface area contributed by atoms with Crippen LogP contribution >= 0.6 is 0 Å². The Morgan fingerprint density at radius 1 is 1.06 bits per heavy atom. The zero-order chi connectivity index (χ0) is 12.7. The summed E-state index contributed by atoms with van der Waals surface area (Å²) in [6.45, 7) is 14.6. The molecule has 1 N–H and O–H groups in total. The first-order valence-corrected chi connectivity index (χ1v) is 6.57. The Bertz CT molecular complexity index is 171. The molecule has 0 bridgehead atoms. The van der Waals surface area contributed by atoms with Crippen molar-refractivity contribution in [2.24, 2.45) is 0 Å². The Morgan fingerprint density at radius 3 is 2.00 bits per heavy atom. The highest BCUT2D eigenvalue weighted by Gasteiger charge is 2.22. The van der Waals surface area contributed by atoms with Crippen LogP contribution in [0.2, 0.25) is 0 Å². The molecule has 3 nitrogen and oxygen atoms in total. The number of rotatable bonds is 8. The fourth-order valence-corrected chi connectivity index (χ4v) is 2.41. The number of likely N-dealkylation sites (N-methyl/N-ethyl adjacent to an activating group) is 3. The molecule has 0 aliphatic heterocycles. The van der Waals surface area contributed by atoms with Crippen LogP contribution in [-0.2, 0) is 0 Å². The summed E-state index contributed by atoms with van der Waals surface area (Å²) in [5.41, 5.74) is 0. The van der Waals surface area contributed by atoms with E-state index in [1.165, 1.54) is 0 Å². The lowest BCUT2D eigenvalue weighted by Gasteiger charge is -2.38. The van der Waals surface area contributed by atoms with Gasteiger partial charge in [-0.3, -0.25) is 4.90 Å². The van der Waals surface area contributed by atoms with Gasteiger partial charge in [-0.05, 0) is 48.0 Å². The predicted octanol–water partition coefficient (Wildman–Crippen LogP) is 1.64. The lowest BCUT2D eigenvalue weighted by atomic mass is 10.1. The van der Waals surface area contributed by atoms with E-state index in [1.54, 1.807) is 0 Å². The Kier molecular flexibility index (Phi) is 7.98. The van der Waals surface area contributed by atoms with Crippen LogP contribution in [-0.4, -0.2) is 61.7 Å². The summed E-state index contributed by atoms with van der Waals surface area (Å²) >= 11 is 0. The third-order valence-corrected chi connectivity index (χ3v) is 3.33. The number of nitrogens with one attached hydrogen (secondary N) is 1. The largest absolute Gasteiger partial charge is 0.313 e. The molecular formula is C13H31N3. The van der Waals surface area contributed by atoms with Crippen molar-refractivity contribution in [1.82, 2.24) is 15.1 Å². The van der Waals surface area contributed by atoms with Crippen LogP contribution in [0, 0.1) is 0 Å². The van der Waals surface area contributed by atoms with Crippen LogP contribution in [0.4, 0.5) is 0 Å². The first-order valence-electron chi connectivity index (χ1n) is 6.57. The van der Waals surface area contributed by atoms with Gasteiger partial charge in [0.2, 0.25) is 0 Å². The van der Waals surface area contributed by atoms with Gasteiger partial charge >= 0.3 is 0 Å². The molecule has 16 heavy (non-hydrogen) atoms. The summed E-state index contributed by atoms with van der Waals surface area (Å²) in [4.78, 5) is 4.84. The SMILES string of the molecule is CCNC(C)C(C)N(CC)C(C)CN(C)C. The summed E-state index contributed by atoms with van der Waals surface area (Å²) in [5.74, 6) is 0. The van der Waals surface area contributed by atoms with Crippen molar-refractivity contribution in [3.8, 4) is 0 Å². The minimum absolute atomic E-state index is 0.551. The van der Waals surface area contributed by atoms with Gasteiger partial charge in [0.15, 0.2) is 0 Å². The molecule has 0 aliphatic carbocycles. The molecule has 0 spiro atoms. The molecule has 98 valence electrons. The van der Waals surface area contributed by atoms with E-state index >= 15 is 0 Å². The zero-order valence-corrected chi connectivity index (χ0v) is 12.2. The second kappa shape index (κ2) is 8.04. The van der Waals surface area contributed by atoms with Gasteiger partial charge in [-0.15, -0.1) is 0 Å². The van der Waals surface area contributed by atoms with Crippen molar-refractivity contribution in [1.29, 1.82) is 0 Å². The molecule has 3 atom stereocenters. The Morgan fingerprint density at radius 2 is 1.62 bits per heavy atom. The zero-order valence-electron chi connectivity index (χ0n) is 12.2. The highest BCUT2D eigenvalue weighted by molar-refractivity contribution is 4.81. The Labute approximate surface area is 102 Å². The number of hydrogen-bond donors (Lipinski definition) is 1. The molecule has 0 fully saturated rings. The average Bonchev–Trinajstić information content (AvgIpc) is 2.17. The van der Waals surface area contributed by atoms with Crippen LogP contribution in [0.1, 0.15) is 34.6 Å². The third-order valence-electron chi connectivity index (χ3n) is 3.33. The Balaban J connectivity index is 4.34. The maximum absolute atomic E-state index is 3.51. The molecule has 3 unspecified atom stereocenters. The van der Waals surface area contributed by atoms with Crippen molar-refractivity contribution in [3.05, 3.63) is 0 Å². The average molecular weight is 229 g/mol. The fraction of sp³-hybridized carbons (Fsp3) is 1.00. The standard InChI is InChI=1S/C13H31N3/c1-8-14-12(4)13(5)16(9-2)11(3)10-15(6)7/h11-14H,8-10H2,1-7H3. The van der Waals surface area contributed by atoms with E-state index in [2.05, 4.69) is 63.8 Å².